The molecule has 0 N–H and O–H groups in total. The van der Waals surface area contributed by atoms with E-state index in [1.54, 1.807) is 0 Å². The molecule has 2 heteroatoms. The van der Waals surface area contributed by atoms with Crippen LogP contribution in [0, 0.1) is 0 Å². The zero-order valence-electron chi connectivity index (χ0n) is 13.1. The molecule has 3 rings (SSSR count). The lowest BCUT2D eigenvalue weighted by Gasteiger charge is -2.16. The van der Waals surface area contributed by atoms with Crippen LogP contribution in [0.1, 0.15) is 36.7 Å². The first-order chi connectivity index (χ1) is 10.5. The van der Waals surface area contributed by atoms with Gasteiger partial charge in [0.25, 0.3) is 0 Å². The lowest BCUT2D eigenvalue weighted by molar-refractivity contribution is 0.103. The van der Waals surface area contributed by atoms with Gasteiger partial charge in [-0.05, 0) is 26.3 Å². The Balaban J connectivity index is 2.13. The number of rotatable bonds is 3. The van der Waals surface area contributed by atoms with E-state index >= 15 is 0 Å². The van der Waals surface area contributed by atoms with E-state index in [0.29, 0.717) is 5.56 Å². The molecule has 1 aliphatic heterocycles. The van der Waals surface area contributed by atoms with Crippen LogP contribution < -0.4 is 0 Å². The molecular formula is C20H19NO. The standard InChI is InChI=1S/C20H19NO/c1-14-17(19(22)16-12-8-5-9-13-16)18(21-20(14,2)3)15-10-6-4-7-11-15/h4-13H,1-3H3. The van der Waals surface area contributed by atoms with Gasteiger partial charge in [-0.25, -0.2) is 0 Å². The minimum absolute atomic E-state index is 0.0475. The molecule has 1 aliphatic rings. The first kappa shape index (κ1) is 14.5. The molecule has 0 atom stereocenters. The molecule has 0 aliphatic carbocycles. The van der Waals surface area contributed by atoms with Gasteiger partial charge in [0.15, 0.2) is 5.78 Å². The normalized spacial score (nSPS) is 16.6. The van der Waals surface area contributed by atoms with Crippen LogP contribution >= 0.6 is 0 Å². The molecular weight excluding hydrogens is 270 g/mol. The third-order valence-electron chi connectivity index (χ3n) is 4.23. The quantitative estimate of drug-likeness (QED) is 0.767. The van der Waals surface area contributed by atoms with Crippen LogP contribution in [-0.4, -0.2) is 17.0 Å². The molecule has 2 aromatic carbocycles. The van der Waals surface area contributed by atoms with Crippen LogP contribution in [0.15, 0.2) is 76.8 Å². The number of carbonyl (C=O) groups excluding carboxylic acids is 1. The third-order valence-corrected chi connectivity index (χ3v) is 4.23. The van der Waals surface area contributed by atoms with Gasteiger partial charge >= 0.3 is 0 Å². The largest absolute Gasteiger partial charge is 0.289 e. The van der Waals surface area contributed by atoms with Crippen molar-refractivity contribution in [3.8, 4) is 0 Å². The topological polar surface area (TPSA) is 29.4 Å². The van der Waals surface area contributed by atoms with E-state index in [-0.39, 0.29) is 11.3 Å². The average Bonchev–Trinajstić information content (AvgIpc) is 2.79. The number of benzene rings is 2. The van der Waals surface area contributed by atoms with Gasteiger partial charge in [0.1, 0.15) is 0 Å². The predicted octanol–water partition coefficient (Wildman–Crippen LogP) is 4.47. The third kappa shape index (κ3) is 2.41. The summed E-state index contributed by atoms with van der Waals surface area (Å²) in [5, 5.41) is 0. The molecule has 0 bridgehead atoms. The SMILES string of the molecule is CC1=C(C(=O)c2ccccc2)C(c2ccccc2)=NC1(C)C. The fraction of sp³-hybridized carbons (Fsp3) is 0.200. The second kappa shape index (κ2) is 5.38. The monoisotopic (exact) mass is 289 g/mol. The van der Waals surface area contributed by atoms with Crippen LogP contribution in [0.2, 0.25) is 0 Å². The zero-order valence-corrected chi connectivity index (χ0v) is 13.1. The van der Waals surface area contributed by atoms with Gasteiger partial charge in [-0.3, -0.25) is 9.79 Å². The highest BCUT2D eigenvalue weighted by Gasteiger charge is 2.35. The molecule has 0 amide bonds. The van der Waals surface area contributed by atoms with Crippen molar-refractivity contribution in [3.05, 3.63) is 82.9 Å². The van der Waals surface area contributed by atoms with Crippen molar-refractivity contribution in [1.29, 1.82) is 0 Å². The van der Waals surface area contributed by atoms with Crippen molar-refractivity contribution in [2.75, 3.05) is 0 Å². The fourth-order valence-corrected chi connectivity index (χ4v) is 2.72. The predicted molar refractivity (Wildman–Crippen MR) is 90.5 cm³/mol. The van der Waals surface area contributed by atoms with E-state index in [1.807, 2.05) is 67.6 Å². The summed E-state index contributed by atoms with van der Waals surface area (Å²) in [6.45, 7) is 6.11. The van der Waals surface area contributed by atoms with E-state index in [1.165, 1.54) is 0 Å². The number of ketones is 1. The number of hydrogen-bond donors (Lipinski definition) is 0. The van der Waals surface area contributed by atoms with Gasteiger partial charge in [0.2, 0.25) is 0 Å². The minimum atomic E-state index is -0.342. The lowest BCUT2D eigenvalue weighted by Crippen LogP contribution is -2.16. The van der Waals surface area contributed by atoms with Gasteiger partial charge in [0, 0.05) is 16.7 Å². The molecule has 0 saturated carbocycles. The Labute approximate surface area is 131 Å². The van der Waals surface area contributed by atoms with Crippen molar-refractivity contribution in [3.63, 3.8) is 0 Å². The average molecular weight is 289 g/mol. The summed E-state index contributed by atoms with van der Waals surface area (Å²) in [6, 6.07) is 19.4. The summed E-state index contributed by atoms with van der Waals surface area (Å²) in [5.41, 5.74) is 3.93. The van der Waals surface area contributed by atoms with Crippen LogP contribution in [0.3, 0.4) is 0 Å². The Morgan fingerprint density at radius 2 is 1.45 bits per heavy atom. The van der Waals surface area contributed by atoms with Crippen molar-refractivity contribution < 1.29 is 4.79 Å². The maximum Gasteiger partial charge on any atom is 0.195 e. The number of hydrogen-bond acceptors (Lipinski definition) is 2. The van der Waals surface area contributed by atoms with E-state index in [0.717, 1.165) is 22.4 Å². The molecule has 0 radical (unpaired) electrons. The van der Waals surface area contributed by atoms with Crippen molar-refractivity contribution in [2.24, 2.45) is 4.99 Å². The Morgan fingerprint density at radius 3 is 2.05 bits per heavy atom. The van der Waals surface area contributed by atoms with E-state index in [2.05, 4.69) is 13.8 Å². The maximum atomic E-state index is 13.0. The van der Waals surface area contributed by atoms with Crippen LogP contribution in [-0.2, 0) is 0 Å². The van der Waals surface area contributed by atoms with Crippen LogP contribution in [0.4, 0.5) is 0 Å². The first-order valence-corrected chi connectivity index (χ1v) is 7.47. The lowest BCUT2D eigenvalue weighted by atomic mass is 9.88. The molecule has 0 aromatic heterocycles. The molecule has 1 heterocycles. The highest BCUT2D eigenvalue weighted by molar-refractivity contribution is 6.34. The van der Waals surface area contributed by atoms with E-state index < -0.39 is 0 Å². The Bertz CT molecular complexity index is 768. The van der Waals surface area contributed by atoms with Crippen LogP contribution in [0.25, 0.3) is 0 Å². The van der Waals surface area contributed by atoms with E-state index in [4.69, 9.17) is 4.99 Å². The van der Waals surface area contributed by atoms with E-state index in [9.17, 15) is 4.79 Å². The first-order valence-electron chi connectivity index (χ1n) is 7.47. The van der Waals surface area contributed by atoms with Crippen molar-refractivity contribution in [1.82, 2.24) is 0 Å². The fourth-order valence-electron chi connectivity index (χ4n) is 2.72. The maximum absolute atomic E-state index is 13.0. The minimum Gasteiger partial charge on any atom is -0.289 e. The smallest absolute Gasteiger partial charge is 0.195 e. The molecule has 0 fully saturated rings. The molecule has 0 spiro atoms. The summed E-state index contributed by atoms with van der Waals surface area (Å²) in [5.74, 6) is 0.0475. The number of Topliss-reactive ketones (excluding diaryl/α,β-unsaturated/α-hetero) is 1. The second-order valence-electron chi connectivity index (χ2n) is 6.08. The summed E-state index contributed by atoms with van der Waals surface area (Å²) >= 11 is 0. The number of nitrogens with zero attached hydrogens (tertiary/aromatic N) is 1. The Hall–Kier alpha value is -2.48. The summed E-state index contributed by atoms with van der Waals surface area (Å²) in [7, 11) is 0. The van der Waals surface area contributed by atoms with Gasteiger partial charge in [0.05, 0.1) is 11.3 Å². The number of aliphatic imine (C=N–C) groups is 1. The van der Waals surface area contributed by atoms with Crippen molar-refractivity contribution in [2.45, 2.75) is 26.3 Å². The van der Waals surface area contributed by atoms with Crippen molar-refractivity contribution >= 4 is 11.5 Å². The second-order valence-corrected chi connectivity index (χ2v) is 6.08. The summed E-state index contributed by atoms with van der Waals surface area (Å²) in [6.07, 6.45) is 0. The Morgan fingerprint density at radius 1 is 0.909 bits per heavy atom. The Kier molecular flexibility index (Phi) is 3.53. The molecule has 0 unspecified atom stereocenters. The molecule has 2 aromatic rings. The highest BCUT2D eigenvalue weighted by Crippen LogP contribution is 2.35. The van der Waals surface area contributed by atoms with Crippen LogP contribution in [0.5, 0.6) is 0 Å². The van der Waals surface area contributed by atoms with Gasteiger partial charge in [-0.15, -0.1) is 0 Å². The molecule has 0 saturated heterocycles. The number of allylic oxidation sites excluding steroid dienone is 1. The molecule has 2 nitrogen and oxygen atoms in total. The number of carbonyl (C=O) groups is 1. The summed E-state index contributed by atoms with van der Waals surface area (Å²) in [4.78, 5) is 17.8. The highest BCUT2D eigenvalue weighted by atomic mass is 16.1. The van der Waals surface area contributed by atoms with Gasteiger partial charge < -0.3 is 0 Å². The zero-order chi connectivity index (χ0) is 15.7. The van der Waals surface area contributed by atoms with Gasteiger partial charge in [-0.2, -0.15) is 0 Å². The summed E-state index contributed by atoms with van der Waals surface area (Å²) < 4.78 is 0. The molecule has 22 heavy (non-hydrogen) atoms. The molecule has 110 valence electrons. The van der Waals surface area contributed by atoms with Gasteiger partial charge in [-0.1, -0.05) is 60.7 Å².